The number of hydrogen-bond acceptors (Lipinski definition) is 8. The molecule has 5 rings (SSSR count). The smallest absolute Gasteiger partial charge is 0.318 e. The van der Waals surface area contributed by atoms with E-state index in [4.69, 9.17) is 30.4 Å². The summed E-state index contributed by atoms with van der Waals surface area (Å²) in [5.41, 5.74) is 12.9. The SMILES string of the molecule is C/C=C1\C(=NC(C)CC)C(c2cccc3ccc(F)c(CC)c23)=Cc2nc(OCC(C)(CCCC)CCCCC)nc(N3CCCN=C(/C=C(\N)C(=O)N(C)C)C3)c21. The lowest BCUT2D eigenvalue weighted by Gasteiger charge is -2.32. The van der Waals surface area contributed by atoms with Gasteiger partial charge in [0.1, 0.15) is 11.6 Å². The molecule has 1 aromatic heterocycles. The molecule has 0 bridgehead atoms. The normalized spacial score (nSPS) is 17.8. The fraction of sp³-hybridized carbons (Fsp3) is 0.521. The van der Waals surface area contributed by atoms with Gasteiger partial charge in [0, 0.05) is 49.8 Å². The third kappa shape index (κ3) is 10.2. The Morgan fingerprint density at radius 3 is 2.53 bits per heavy atom. The molecule has 10 heteroatoms. The molecule has 2 unspecified atom stereocenters. The minimum Gasteiger partial charge on any atom is -0.463 e. The first kappa shape index (κ1) is 44.2. The number of halogens is 1. The van der Waals surface area contributed by atoms with Crippen molar-refractivity contribution in [3.63, 3.8) is 0 Å². The van der Waals surface area contributed by atoms with Crippen molar-refractivity contribution in [1.29, 1.82) is 0 Å². The van der Waals surface area contributed by atoms with E-state index in [0.717, 1.165) is 95.2 Å². The average Bonchev–Trinajstić information content (AvgIpc) is 3.46. The van der Waals surface area contributed by atoms with Gasteiger partial charge >= 0.3 is 6.01 Å². The number of allylic oxidation sites excluding steroid dienone is 3. The highest BCUT2D eigenvalue weighted by Crippen LogP contribution is 2.43. The molecule has 1 aliphatic carbocycles. The predicted octanol–water partition coefficient (Wildman–Crippen LogP) is 10.3. The van der Waals surface area contributed by atoms with Crippen molar-refractivity contribution < 1.29 is 13.9 Å². The van der Waals surface area contributed by atoms with Gasteiger partial charge in [0.05, 0.1) is 41.5 Å². The maximum absolute atomic E-state index is 15.6. The Balaban J connectivity index is 1.76. The molecule has 9 nitrogen and oxygen atoms in total. The molecular weight excluding hydrogens is 726 g/mol. The van der Waals surface area contributed by atoms with Gasteiger partial charge < -0.3 is 20.3 Å². The van der Waals surface area contributed by atoms with Crippen LogP contribution in [0.5, 0.6) is 6.01 Å². The van der Waals surface area contributed by atoms with Gasteiger partial charge in [0.15, 0.2) is 0 Å². The first-order valence-corrected chi connectivity index (χ1v) is 21.6. The zero-order valence-electron chi connectivity index (χ0n) is 36.6. The molecule has 2 aromatic carbocycles. The Morgan fingerprint density at radius 1 is 1.09 bits per heavy atom. The van der Waals surface area contributed by atoms with Crippen molar-refractivity contribution in [3.8, 4) is 6.01 Å². The molecule has 1 aliphatic heterocycles. The topological polar surface area (TPSA) is 109 Å². The average molecular weight is 792 g/mol. The van der Waals surface area contributed by atoms with Crippen molar-refractivity contribution in [2.75, 3.05) is 45.2 Å². The van der Waals surface area contributed by atoms with E-state index in [-0.39, 0.29) is 28.9 Å². The summed E-state index contributed by atoms with van der Waals surface area (Å²) in [4.78, 5) is 37.2. The molecule has 2 N–H and O–H groups in total. The van der Waals surface area contributed by atoms with Gasteiger partial charge in [0.25, 0.3) is 5.91 Å². The Labute approximate surface area is 346 Å². The minimum absolute atomic E-state index is 0.0204. The Kier molecular flexibility index (Phi) is 15.4. The van der Waals surface area contributed by atoms with Crippen molar-refractivity contribution >= 4 is 51.1 Å². The number of benzene rings is 2. The maximum Gasteiger partial charge on any atom is 0.318 e. The maximum atomic E-state index is 15.6. The zero-order chi connectivity index (χ0) is 42.0. The van der Waals surface area contributed by atoms with Crippen LogP contribution in [0.25, 0.3) is 28.0 Å². The summed E-state index contributed by atoms with van der Waals surface area (Å²) in [6.45, 7) is 17.3. The number of fused-ring (bicyclic) bond motifs is 2. The van der Waals surface area contributed by atoms with E-state index in [9.17, 15) is 4.79 Å². The highest BCUT2D eigenvalue weighted by molar-refractivity contribution is 6.50. The van der Waals surface area contributed by atoms with Crippen LogP contribution in [0, 0.1) is 11.2 Å². The summed E-state index contributed by atoms with van der Waals surface area (Å²) >= 11 is 0. The molecule has 58 heavy (non-hydrogen) atoms. The van der Waals surface area contributed by atoms with E-state index in [2.05, 4.69) is 57.7 Å². The number of aliphatic imine (C=N–C) groups is 2. The molecule has 0 radical (unpaired) electrons. The van der Waals surface area contributed by atoms with E-state index in [1.54, 1.807) is 26.2 Å². The number of rotatable bonds is 17. The summed E-state index contributed by atoms with van der Waals surface area (Å²) in [7, 11) is 3.37. The van der Waals surface area contributed by atoms with Gasteiger partial charge in [-0.2, -0.15) is 9.97 Å². The highest BCUT2D eigenvalue weighted by atomic mass is 19.1. The quantitative estimate of drug-likeness (QED) is 0.108. The summed E-state index contributed by atoms with van der Waals surface area (Å²) in [5.74, 6) is 0.245. The van der Waals surface area contributed by atoms with Gasteiger partial charge in [0.2, 0.25) is 0 Å². The second-order valence-corrected chi connectivity index (χ2v) is 16.5. The first-order valence-electron chi connectivity index (χ1n) is 21.6. The van der Waals surface area contributed by atoms with Gasteiger partial charge in [-0.3, -0.25) is 14.8 Å². The number of ether oxygens (including phenoxy) is 1. The van der Waals surface area contributed by atoms with Gasteiger partial charge in [-0.15, -0.1) is 0 Å². The molecule has 0 spiro atoms. The van der Waals surface area contributed by atoms with Crippen LogP contribution < -0.4 is 15.4 Å². The fourth-order valence-corrected chi connectivity index (χ4v) is 8.00. The van der Waals surface area contributed by atoms with Crippen LogP contribution in [0.2, 0.25) is 0 Å². The van der Waals surface area contributed by atoms with Gasteiger partial charge in [-0.25, -0.2) is 4.39 Å². The second kappa shape index (κ2) is 20.2. The van der Waals surface area contributed by atoms with Crippen LogP contribution in [0.1, 0.15) is 129 Å². The number of carbonyl (C=O) groups excluding carboxylic acids is 1. The fourth-order valence-electron chi connectivity index (χ4n) is 8.00. The molecule has 2 aliphatic rings. The number of likely N-dealkylation sites (N-methyl/N-ethyl adjacent to an activating group) is 1. The first-order chi connectivity index (χ1) is 27.9. The van der Waals surface area contributed by atoms with Crippen LogP contribution in [-0.2, 0) is 11.2 Å². The number of nitrogens with zero attached hydrogens (tertiary/aromatic N) is 6. The van der Waals surface area contributed by atoms with E-state index in [0.29, 0.717) is 49.9 Å². The molecule has 0 saturated heterocycles. The second-order valence-electron chi connectivity index (χ2n) is 16.5. The highest BCUT2D eigenvalue weighted by Gasteiger charge is 2.33. The van der Waals surface area contributed by atoms with Crippen molar-refractivity contribution in [2.24, 2.45) is 21.1 Å². The lowest BCUT2D eigenvalue weighted by atomic mass is 9.81. The Hall–Kier alpha value is -4.86. The van der Waals surface area contributed by atoms with Crippen molar-refractivity contribution in [1.82, 2.24) is 14.9 Å². The van der Waals surface area contributed by atoms with E-state index < -0.39 is 0 Å². The minimum atomic E-state index is -0.266. The summed E-state index contributed by atoms with van der Waals surface area (Å²) in [6, 6.07) is 9.93. The summed E-state index contributed by atoms with van der Waals surface area (Å²) < 4.78 is 22.3. The third-order valence-electron chi connectivity index (χ3n) is 11.5. The monoisotopic (exact) mass is 792 g/mol. The number of aromatic nitrogens is 2. The van der Waals surface area contributed by atoms with Crippen LogP contribution in [0.4, 0.5) is 10.2 Å². The van der Waals surface area contributed by atoms with Crippen molar-refractivity contribution in [3.05, 3.63) is 76.4 Å². The number of nitrogens with two attached hydrogens (primary N) is 1. The molecular formula is C48H66FN7O2. The summed E-state index contributed by atoms with van der Waals surface area (Å²) in [5, 5.41) is 1.87. The Morgan fingerprint density at radius 2 is 1.84 bits per heavy atom. The van der Waals surface area contributed by atoms with Gasteiger partial charge in [-0.05, 0) is 86.1 Å². The van der Waals surface area contributed by atoms with Crippen LogP contribution in [-0.4, -0.2) is 78.6 Å². The number of amides is 1. The predicted molar refractivity (Wildman–Crippen MR) is 241 cm³/mol. The number of anilines is 1. The number of carbonyl (C=O) groups is 1. The lowest BCUT2D eigenvalue weighted by molar-refractivity contribution is -0.124. The molecule has 3 aromatic rings. The van der Waals surface area contributed by atoms with Crippen LogP contribution >= 0.6 is 0 Å². The zero-order valence-corrected chi connectivity index (χ0v) is 36.6. The van der Waals surface area contributed by atoms with E-state index in [1.807, 2.05) is 32.0 Å². The summed E-state index contributed by atoms with van der Waals surface area (Å²) in [6.07, 6.45) is 16.0. The molecule has 1 amide bonds. The van der Waals surface area contributed by atoms with Crippen LogP contribution in [0.3, 0.4) is 0 Å². The van der Waals surface area contributed by atoms with Crippen LogP contribution in [0.15, 0.2) is 58.2 Å². The molecule has 0 saturated carbocycles. The molecule has 2 heterocycles. The van der Waals surface area contributed by atoms with Gasteiger partial charge in [-0.1, -0.05) is 97.1 Å². The molecule has 312 valence electrons. The van der Waals surface area contributed by atoms with E-state index >= 15 is 4.39 Å². The van der Waals surface area contributed by atoms with Crippen molar-refractivity contribution in [2.45, 2.75) is 119 Å². The van der Waals surface area contributed by atoms with E-state index in [1.165, 1.54) is 17.7 Å². The lowest BCUT2D eigenvalue weighted by Crippen LogP contribution is -2.33. The number of aryl methyl sites for hydroxylation is 1. The number of unbranched alkanes of at least 4 members (excludes halogenated alkanes) is 3. The largest absolute Gasteiger partial charge is 0.463 e. The molecule has 0 fully saturated rings. The standard InChI is InChI=1S/C48H66FN7O2/c1-10-15-17-25-48(7,24-16-11-2)31-58-47-53-41-29-38(37-21-18-20-33-22-23-39(49)35(13-4)42(33)37)44(52-32(6)12-3)36(14-5)43(41)45(54-47)56-27-19-26-51-34(30-56)28-40(50)46(57)55(8)9/h14,18,20-23,28-29,32H,10-13,15-17,19,24-27,30-31,50H2,1-9H3/b36-14-,40-28-,52-44?. The Bertz CT molecular complexity index is 2100. The third-order valence-corrected chi connectivity index (χ3v) is 11.5. The molecule has 2 atom stereocenters. The number of hydrogen-bond donors (Lipinski definition) is 1.